The lowest BCUT2D eigenvalue weighted by Gasteiger charge is -2.19. The summed E-state index contributed by atoms with van der Waals surface area (Å²) in [7, 11) is 0. The Hall–Kier alpha value is -1.54. The molecule has 0 spiro atoms. The monoisotopic (exact) mass is 396 g/mol. The van der Waals surface area contributed by atoms with Crippen molar-refractivity contribution >= 4 is 46.5 Å². The number of nitrogens with one attached hydrogen (secondary N) is 2. The summed E-state index contributed by atoms with van der Waals surface area (Å²) in [5, 5.41) is 10.8. The van der Waals surface area contributed by atoms with Gasteiger partial charge in [-0.1, -0.05) is 11.6 Å². The Morgan fingerprint density at radius 2 is 1.92 bits per heavy atom. The number of aliphatic hydroxyl groups is 1. The summed E-state index contributed by atoms with van der Waals surface area (Å²) >= 11 is 8.68. The van der Waals surface area contributed by atoms with Crippen LogP contribution in [0.4, 0.5) is 0 Å². The highest BCUT2D eigenvalue weighted by Crippen LogP contribution is 2.43. The van der Waals surface area contributed by atoms with Gasteiger partial charge in [-0.15, -0.1) is 23.1 Å². The van der Waals surface area contributed by atoms with Crippen LogP contribution in [0, 0.1) is 0 Å². The van der Waals surface area contributed by atoms with E-state index in [1.807, 2.05) is 6.26 Å². The fraction of sp³-hybridized carbons (Fsp3) is 0.294. The van der Waals surface area contributed by atoms with Crippen LogP contribution in [0.5, 0.6) is 0 Å². The number of carbonyl (C=O) groups is 2. The zero-order valence-electron chi connectivity index (χ0n) is 13.5. The van der Waals surface area contributed by atoms with Crippen LogP contribution < -0.4 is 10.9 Å². The first-order valence-electron chi connectivity index (χ1n) is 7.75. The van der Waals surface area contributed by atoms with Crippen LogP contribution in [0.2, 0.25) is 5.02 Å². The highest BCUT2D eigenvalue weighted by Gasteiger charge is 2.29. The van der Waals surface area contributed by atoms with E-state index in [4.69, 9.17) is 11.6 Å². The molecular weight excluding hydrogens is 380 g/mol. The number of fused-ring (bicyclic) bond motifs is 1. The number of thioether (sulfide) groups is 1. The Morgan fingerprint density at radius 3 is 2.60 bits per heavy atom. The van der Waals surface area contributed by atoms with Gasteiger partial charge < -0.3 is 5.11 Å². The minimum Gasteiger partial charge on any atom is -0.388 e. The Balaban J connectivity index is 1.73. The van der Waals surface area contributed by atoms with E-state index < -0.39 is 12.0 Å². The van der Waals surface area contributed by atoms with Crippen molar-refractivity contribution in [1.82, 2.24) is 10.9 Å². The highest BCUT2D eigenvalue weighted by atomic mass is 35.5. The first kappa shape index (κ1) is 18.3. The van der Waals surface area contributed by atoms with Crippen molar-refractivity contribution in [3.05, 3.63) is 50.9 Å². The summed E-state index contributed by atoms with van der Waals surface area (Å²) in [5.74, 6) is -0.779. The average Bonchev–Trinajstić information content (AvgIpc) is 3.00. The molecule has 2 amide bonds. The molecule has 1 atom stereocenters. The SMILES string of the molecule is CSc1sc(C(=O)NNC(=O)c2ccc(Cl)cc2)c2c1[C@@H](O)CCC2. The lowest BCUT2D eigenvalue weighted by atomic mass is 9.91. The molecule has 3 rings (SSSR count). The fourth-order valence-corrected chi connectivity index (χ4v) is 5.06. The summed E-state index contributed by atoms with van der Waals surface area (Å²) < 4.78 is 0.955. The van der Waals surface area contributed by atoms with Crippen LogP contribution in [0.25, 0.3) is 0 Å². The first-order valence-corrected chi connectivity index (χ1v) is 10.2. The number of amides is 2. The summed E-state index contributed by atoms with van der Waals surface area (Å²) in [6.45, 7) is 0. The minimum atomic E-state index is -0.521. The van der Waals surface area contributed by atoms with Crippen LogP contribution in [0.1, 0.15) is 50.1 Å². The molecule has 1 heterocycles. The van der Waals surface area contributed by atoms with Gasteiger partial charge in [-0.3, -0.25) is 20.4 Å². The maximum atomic E-state index is 12.5. The average molecular weight is 397 g/mol. The van der Waals surface area contributed by atoms with Crippen molar-refractivity contribution in [3.8, 4) is 0 Å². The van der Waals surface area contributed by atoms with Gasteiger partial charge in [0.25, 0.3) is 11.8 Å². The molecule has 3 N–H and O–H groups in total. The molecule has 132 valence electrons. The number of halogens is 1. The van der Waals surface area contributed by atoms with E-state index in [0.717, 1.165) is 28.2 Å². The molecule has 1 aliphatic rings. The summed E-state index contributed by atoms with van der Waals surface area (Å²) in [6, 6.07) is 6.39. The maximum absolute atomic E-state index is 12.5. The second-order valence-corrected chi connectivity index (χ2v) is 8.17. The van der Waals surface area contributed by atoms with Gasteiger partial charge in [-0.25, -0.2) is 0 Å². The second kappa shape index (κ2) is 7.78. The third kappa shape index (κ3) is 3.84. The van der Waals surface area contributed by atoms with E-state index in [1.54, 1.807) is 24.3 Å². The molecule has 1 aliphatic carbocycles. The number of hydrogen-bond acceptors (Lipinski definition) is 5. The molecule has 0 fully saturated rings. The van der Waals surface area contributed by atoms with Crippen molar-refractivity contribution < 1.29 is 14.7 Å². The predicted octanol–water partition coefficient (Wildman–Crippen LogP) is 3.57. The van der Waals surface area contributed by atoms with Gasteiger partial charge in [-0.2, -0.15) is 0 Å². The number of benzene rings is 1. The standard InChI is InChI=1S/C17H17ClN2O3S2/c1-24-17-13-11(3-2-4-12(13)21)14(25-17)16(23)20-19-15(22)9-5-7-10(18)8-6-9/h5-8,12,21H,2-4H2,1H3,(H,19,22)(H,20,23)/t12-/m0/s1. The molecule has 2 aromatic rings. The first-order chi connectivity index (χ1) is 12.0. The van der Waals surface area contributed by atoms with E-state index >= 15 is 0 Å². The van der Waals surface area contributed by atoms with Gasteiger partial charge in [0.05, 0.1) is 15.2 Å². The normalized spacial score (nSPS) is 16.2. The Morgan fingerprint density at radius 1 is 1.24 bits per heavy atom. The van der Waals surface area contributed by atoms with Gasteiger partial charge >= 0.3 is 0 Å². The molecule has 1 aromatic carbocycles. The van der Waals surface area contributed by atoms with Gasteiger partial charge in [-0.05, 0) is 55.3 Å². The van der Waals surface area contributed by atoms with Crippen LogP contribution in [-0.2, 0) is 6.42 Å². The third-order valence-electron chi connectivity index (χ3n) is 4.04. The molecule has 0 aliphatic heterocycles. The van der Waals surface area contributed by atoms with Gasteiger partial charge in [0.15, 0.2) is 0 Å². The van der Waals surface area contributed by atoms with Crippen molar-refractivity contribution in [2.75, 3.05) is 6.26 Å². The molecule has 0 unspecified atom stereocenters. The van der Waals surface area contributed by atoms with Crippen LogP contribution in [0.15, 0.2) is 28.5 Å². The highest BCUT2D eigenvalue weighted by molar-refractivity contribution is 8.00. The van der Waals surface area contributed by atoms with E-state index in [0.29, 0.717) is 21.9 Å². The third-order valence-corrected chi connectivity index (χ3v) is 6.67. The molecule has 0 radical (unpaired) electrons. The molecular formula is C17H17ClN2O3S2. The summed E-state index contributed by atoms with van der Waals surface area (Å²) in [6.07, 6.45) is 3.73. The van der Waals surface area contributed by atoms with Gasteiger partial charge in [0, 0.05) is 16.1 Å². The summed E-state index contributed by atoms with van der Waals surface area (Å²) in [4.78, 5) is 25.1. The van der Waals surface area contributed by atoms with Crippen LogP contribution in [0.3, 0.4) is 0 Å². The van der Waals surface area contributed by atoms with Gasteiger partial charge in [0.1, 0.15) is 0 Å². The van der Waals surface area contributed by atoms with Crippen LogP contribution in [-0.4, -0.2) is 23.2 Å². The molecule has 25 heavy (non-hydrogen) atoms. The van der Waals surface area contributed by atoms with E-state index in [-0.39, 0.29) is 5.91 Å². The number of rotatable bonds is 3. The number of hydrazine groups is 1. The molecule has 0 bridgehead atoms. The topological polar surface area (TPSA) is 78.4 Å². The largest absolute Gasteiger partial charge is 0.388 e. The fourth-order valence-electron chi connectivity index (χ4n) is 2.84. The number of carbonyl (C=O) groups excluding carboxylic acids is 2. The molecule has 0 saturated heterocycles. The maximum Gasteiger partial charge on any atom is 0.280 e. The lowest BCUT2D eigenvalue weighted by Crippen LogP contribution is -2.41. The minimum absolute atomic E-state index is 0.363. The van der Waals surface area contributed by atoms with Crippen molar-refractivity contribution in [2.45, 2.75) is 29.6 Å². The Bertz CT molecular complexity index is 805. The molecule has 5 nitrogen and oxygen atoms in total. The number of hydrogen-bond donors (Lipinski definition) is 3. The van der Waals surface area contributed by atoms with Crippen molar-refractivity contribution in [2.24, 2.45) is 0 Å². The van der Waals surface area contributed by atoms with Crippen LogP contribution >= 0.6 is 34.7 Å². The van der Waals surface area contributed by atoms with Crippen molar-refractivity contribution in [1.29, 1.82) is 0 Å². The smallest absolute Gasteiger partial charge is 0.280 e. The zero-order valence-corrected chi connectivity index (χ0v) is 15.9. The number of thiophene rings is 1. The number of aliphatic hydroxyl groups excluding tert-OH is 1. The molecule has 1 aromatic heterocycles. The van der Waals surface area contributed by atoms with Gasteiger partial charge in [0.2, 0.25) is 0 Å². The van der Waals surface area contributed by atoms with E-state index in [1.165, 1.54) is 23.1 Å². The lowest BCUT2D eigenvalue weighted by molar-refractivity contribution is 0.0847. The zero-order chi connectivity index (χ0) is 18.0. The predicted molar refractivity (Wildman–Crippen MR) is 100 cm³/mol. The van der Waals surface area contributed by atoms with E-state index in [9.17, 15) is 14.7 Å². The Labute approximate surface area is 158 Å². The molecule has 8 heteroatoms. The molecule has 0 saturated carbocycles. The second-order valence-electron chi connectivity index (χ2n) is 5.64. The van der Waals surface area contributed by atoms with E-state index in [2.05, 4.69) is 10.9 Å². The Kier molecular flexibility index (Phi) is 5.68. The quantitative estimate of drug-likeness (QED) is 0.547. The summed E-state index contributed by atoms with van der Waals surface area (Å²) in [5.41, 5.74) is 7.05. The van der Waals surface area contributed by atoms with Crippen molar-refractivity contribution in [3.63, 3.8) is 0 Å².